The fourth-order valence-electron chi connectivity index (χ4n) is 3.15. The van der Waals surface area contributed by atoms with Crippen molar-refractivity contribution in [2.75, 3.05) is 33.2 Å². The zero-order valence-corrected chi connectivity index (χ0v) is 13.1. The van der Waals surface area contributed by atoms with E-state index in [2.05, 4.69) is 29.1 Å². The van der Waals surface area contributed by atoms with E-state index in [-0.39, 0.29) is 0 Å². The zero-order valence-electron chi connectivity index (χ0n) is 13.1. The van der Waals surface area contributed by atoms with E-state index in [4.69, 9.17) is 0 Å². The van der Waals surface area contributed by atoms with Crippen LogP contribution in [0.4, 0.5) is 0 Å². The third kappa shape index (κ3) is 3.93. The van der Waals surface area contributed by atoms with E-state index >= 15 is 0 Å². The third-order valence-electron chi connectivity index (χ3n) is 4.59. The molecular weight excluding hydrogens is 254 g/mol. The number of hydrogen-bond acceptors (Lipinski definition) is 4. The number of aliphatic carboxylic acids is 1. The molecule has 116 valence electrons. The number of nitrogens with zero attached hydrogens (tertiary/aromatic N) is 2. The third-order valence-corrected chi connectivity index (χ3v) is 4.59. The predicted octanol–water partition coefficient (Wildman–Crippen LogP) is 0.998. The van der Waals surface area contributed by atoms with E-state index in [0.717, 1.165) is 45.3 Å². The summed E-state index contributed by atoms with van der Waals surface area (Å²) in [5.41, 5.74) is -0.822. The van der Waals surface area contributed by atoms with E-state index in [9.17, 15) is 9.90 Å². The van der Waals surface area contributed by atoms with Gasteiger partial charge in [-0.05, 0) is 52.7 Å². The smallest absolute Gasteiger partial charge is 0.324 e. The Morgan fingerprint density at radius 3 is 2.65 bits per heavy atom. The Kier molecular flexibility index (Phi) is 5.04. The molecule has 5 heteroatoms. The average Bonchev–Trinajstić information content (AvgIpc) is 3.18. The largest absolute Gasteiger partial charge is 0.480 e. The lowest BCUT2D eigenvalue weighted by atomic mass is 9.99. The van der Waals surface area contributed by atoms with Crippen LogP contribution in [0.1, 0.15) is 39.5 Å². The number of likely N-dealkylation sites (N-methyl/N-ethyl adjacent to an activating group) is 1. The van der Waals surface area contributed by atoms with Crippen LogP contribution in [0.3, 0.4) is 0 Å². The van der Waals surface area contributed by atoms with Crippen LogP contribution < -0.4 is 5.32 Å². The second-order valence-electron chi connectivity index (χ2n) is 6.70. The van der Waals surface area contributed by atoms with Gasteiger partial charge in [0.25, 0.3) is 0 Å². The Bertz CT molecular complexity index is 346. The van der Waals surface area contributed by atoms with Gasteiger partial charge in [0.05, 0.1) is 0 Å². The highest BCUT2D eigenvalue weighted by molar-refractivity contribution is 5.78. The van der Waals surface area contributed by atoms with E-state index in [1.54, 1.807) is 0 Å². The molecular formula is C15H29N3O2. The second-order valence-corrected chi connectivity index (χ2v) is 6.70. The first-order valence-electron chi connectivity index (χ1n) is 7.88. The van der Waals surface area contributed by atoms with Gasteiger partial charge in [-0.25, -0.2) is 0 Å². The molecule has 1 aliphatic carbocycles. The molecule has 0 aromatic heterocycles. The molecule has 1 saturated heterocycles. The van der Waals surface area contributed by atoms with Crippen LogP contribution in [-0.2, 0) is 4.79 Å². The summed E-state index contributed by atoms with van der Waals surface area (Å²) in [5.74, 6) is -0.725. The molecule has 2 rings (SSSR count). The summed E-state index contributed by atoms with van der Waals surface area (Å²) in [7, 11) is 2.16. The van der Waals surface area contributed by atoms with Gasteiger partial charge in [-0.2, -0.15) is 0 Å². The molecule has 2 N–H and O–H groups in total. The summed E-state index contributed by atoms with van der Waals surface area (Å²) < 4.78 is 0. The quantitative estimate of drug-likeness (QED) is 0.761. The van der Waals surface area contributed by atoms with Crippen molar-refractivity contribution in [2.45, 2.75) is 57.2 Å². The lowest BCUT2D eigenvalue weighted by Gasteiger charge is -2.37. The molecule has 0 spiro atoms. The molecule has 1 aliphatic heterocycles. The van der Waals surface area contributed by atoms with Gasteiger partial charge in [0, 0.05) is 25.2 Å². The van der Waals surface area contributed by atoms with Crippen LogP contribution in [0.2, 0.25) is 0 Å². The molecule has 2 fully saturated rings. The lowest BCUT2D eigenvalue weighted by Crippen LogP contribution is -2.59. The zero-order chi connectivity index (χ0) is 14.8. The molecule has 20 heavy (non-hydrogen) atoms. The molecule has 2 unspecified atom stereocenters. The Balaban J connectivity index is 2.04. The van der Waals surface area contributed by atoms with Gasteiger partial charge in [-0.1, -0.05) is 6.92 Å². The van der Waals surface area contributed by atoms with E-state index in [0.29, 0.717) is 18.6 Å². The summed E-state index contributed by atoms with van der Waals surface area (Å²) in [5, 5.41) is 13.0. The van der Waals surface area contributed by atoms with E-state index in [1.165, 1.54) is 0 Å². The van der Waals surface area contributed by atoms with Crippen molar-refractivity contribution in [1.29, 1.82) is 0 Å². The van der Waals surface area contributed by atoms with Crippen molar-refractivity contribution < 1.29 is 9.90 Å². The maximum absolute atomic E-state index is 11.7. The highest BCUT2D eigenvalue weighted by Gasteiger charge is 2.41. The molecule has 0 radical (unpaired) electrons. The number of carbonyl (C=O) groups is 1. The Morgan fingerprint density at radius 2 is 2.10 bits per heavy atom. The molecule has 0 bridgehead atoms. The van der Waals surface area contributed by atoms with Gasteiger partial charge < -0.3 is 10.0 Å². The first-order valence-corrected chi connectivity index (χ1v) is 7.88. The topological polar surface area (TPSA) is 55.8 Å². The minimum Gasteiger partial charge on any atom is -0.480 e. The maximum Gasteiger partial charge on any atom is 0.324 e. The number of carboxylic acids is 1. The summed E-state index contributed by atoms with van der Waals surface area (Å²) in [6.45, 7) is 7.78. The van der Waals surface area contributed by atoms with Crippen molar-refractivity contribution >= 4 is 5.97 Å². The van der Waals surface area contributed by atoms with Crippen LogP contribution in [-0.4, -0.2) is 71.7 Å². The Labute approximate surface area is 122 Å². The molecule has 0 aromatic rings. The fraction of sp³-hybridized carbons (Fsp3) is 0.933. The van der Waals surface area contributed by atoms with Crippen molar-refractivity contribution in [3.8, 4) is 0 Å². The van der Waals surface area contributed by atoms with E-state index < -0.39 is 11.5 Å². The van der Waals surface area contributed by atoms with Crippen LogP contribution in [0.15, 0.2) is 0 Å². The standard InChI is InChI=1S/C15H29N3O2/c1-4-13-10-17(3)8-5-9-18(13)11-15(2,14(19)20)16-12-6-7-12/h12-13,16H,4-11H2,1-3H3,(H,19,20). The van der Waals surface area contributed by atoms with Gasteiger partial charge in [0.15, 0.2) is 0 Å². The first-order chi connectivity index (χ1) is 9.44. The molecule has 0 aromatic carbocycles. The van der Waals surface area contributed by atoms with Crippen LogP contribution in [0, 0.1) is 0 Å². The van der Waals surface area contributed by atoms with Crippen LogP contribution in [0.5, 0.6) is 0 Å². The van der Waals surface area contributed by atoms with Crippen molar-refractivity contribution in [1.82, 2.24) is 15.1 Å². The van der Waals surface area contributed by atoms with Crippen molar-refractivity contribution in [2.24, 2.45) is 0 Å². The molecule has 0 amide bonds. The molecule has 1 heterocycles. The average molecular weight is 283 g/mol. The number of nitrogens with one attached hydrogen (secondary N) is 1. The lowest BCUT2D eigenvalue weighted by molar-refractivity contribution is -0.145. The number of rotatable bonds is 6. The van der Waals surface area contributed by atoms with Gasteiger partial charge in [0.2, 0.25) is 0 Å². The summed E-state index contributed by atoms with van der Waals surface area (Å²) in [6.07, 6.45) is 4.42. The van der Waals surface area contributed by atoms with Gasteiger partial charge in [-0.15, -0.1) is 0 Å². The SMILES string of the molecule is CCC1CN(C)CCCN1CC(C)(NC1CC1)C(=O)O. The molecule has 2 aliphatic rings. The molecule has 2 atom stereocenters. The summed E-state index contributed by atoms with van der Waals surface area (Å²) in [6, 6.07) is 0.869. The number of carboxylic acid groups (broad SMARTS) is 1. The highest BCUT2D eigenvalue weighted by atomic mass is 16.4. The monoisotopic (exact) mass is 283 g/mol. The van der Waals surface area contributed by atoms with Crippen LogP contribution >= 0.6 is 0 Å². The van der Waals surface area contributed by atoms with Gasteiger partial charge in [-0.3, -0.25) is 15.0 Å². The minimum absolute atomic E-state index is 0.408. The Hall–Kier alpha value is -0.650. The number of hydrogen-bond donors (Lipinski definition) is 2. The summed E-state index contributed by atoms with van der Waals surface area (Å²) in [4.78, 5) is 16.4. The molecule has 5 nitrogen and oxygen atoms in total. The normalized spacial score (nSPS) is 28.9. The Morgan fingerprint density at radius 1 is 1.40 bits per heavy atom. The molecule has 1 saturated carbocycles. The van der Waals surface area contributed by atoms with Gasteiger partial charge in [0.1, 0.15) is 5.54 Å². The summed E-state index contributed by atoms with van der Waals surface area (Å²) >= 11 is 0. The highest BCUT2D eigenvalue weighted by Crippen LogP contribution is 2.24. The second kappa shape index (κ2) is 6.41. The maximum atomic E-state index is 11.7. The fourth-order valence-corrected chi connectivity index (χ4v) is 3.15. The van der Waals surface area contributed by atoms with Crippen molar-refractivity contribution in [3.63, 3.8) is 0 Å². The minimum atomic E-state index is -0.822. The van der Waals surface area contributed by atoms with Crippen molar-refractivity contribution in [3.05, 3.63) is 0 Å². The first kappa shape index (κ1) is 15.7. The van der Waals surface area contributed by atoms with Crippen LogP contribution in [0.25, 0.3) is 0 Å². The predicted molar refractivity (Wildman–Crippen MR) is 80.0 cm³/mol. The van der Waals surface area contributed by atoms with E-state index in [1.807, 2.05) is 6.92 Å². The van der Waals surface area contributed by atoms with Gasteiger partial charge >= 0.3 is 5.97 Å².